The highest BCUT2D eigenvalue weighted by Crippen LogP contribution is 2.15. The van der Waals surface area contributed by atoms with Crippen molar-refractivity contribution in [2.45, 2.75) is 24.3 Å². The molecule has 0 saturated heterocycles. The molecular weight excluding hydrogens is 270 g/mol. The zero-order chi connectivity index (χ0) is 13.8. The first-order valence-corrected chi connectivity index (χ1v) is 9.27. The van der Waals surface area contributed by atoms with Crippen LogP contribution in [0.1, 0.15) is 13.3 Å². The van der Waals surface area contributed by atoms with Crippen molar-refractivity contribution in [1.29, 1.82) is 0 Å². The molecular formula is C12H19NO3S2. The molecule has 4 nitrogen and oxygen atoms in total. The van der Waals surface area contributed by atoms with Gasteiger partial charge in [0, 0.05) is 40.8 Å². The van der Waals surface area contributed by atoms with E-state index in [1.54, 1.807) is 30.5 Å². The fraction of sp³-hybridized carbons (Fsp3) is 0.500. The second-order valence-electron chi connectivity index (χ2n) is 4.41. The lowest BCUT2D eigenvalue weighted by atomic mass is 10.2. The van der Waals surface area contributed by atoms with E-state index in [1.165, 1.54) is 6.26 Å². The molecule has 1 aromatic rings. The summed E-state index contributed by atoms with van der Waals surface area (Å²) in [5, 5.41) is 3.25. The summed E-state index contributed by atoms with van der Waals surface area (Å²) in [6.45, 7) is 2.01. The lowest BCUT2D eigenvalue weighted by Crippen LogP contribution is -2.17. The van der Waals surface area contributed by atoms with Gasteiger partial charge < -0.3 is 5.32 Å². The molecule has 2 unspecified atom stereocenters. The molecule has 0 spiro atoms. The first-order chi connectivity index (χ1) is 8.29. The van der Waals surface area contributed by atoms with Gasteiger partial charge in [-0.1, -0.05) is 0 Å². The Balaban J connectivity index is 2.61. The van der Waals surface area contributed by atoms with Gasteiger partial charge in [-0.05, 0) is 37.6 Å². The van der Waals surface area contributed by atoms with Crippen LogP contribution in [0.2, 0.25) is 0 Å². The van der Waals surface area contributed by atoms with Crippen LogP contribution in [0, 0.1) is 0 Å². The Morgan fingerprint density at radius 3 is 2.28 bits per heavy atom. The summed E-state index contributed by atoms with van der Waals surface area (Å²) in [5.74, 6) is 0.662. The molecule has 102 valence electrons. The molecule has 18 heavy (non-hydrogen) atoms. The van der Waals surface area contributed by atoms with E-state index >= 15 is 0 Å². The first-order valence-electron chi connectivity index (χ1n) is 5.65. The molecule has 6 heteroatoms. The van der Waals surface area contributed by atoms with Crippen molar-refractivity contribution >= 4 is 26.3 Å². The first kappa shape index (κ1) is 15.2. The third-order valence-corrected chi connectivity index (χ3v) is 4.47. The SMILES string of the molecule is CC(CCS(C)=O)Nc1ccc(S(C)(=O)=O)cc1. The average molecular weight is 289 g/mol. The predicted octanol–water partition coefficient (Wildman–Crippen LogP) is 1.66. The number of nitrogens with one attached hydrogen (secondary N) is 1. The largest absolute Gasteiger partial charge is 0.383 e. The third-order valence-electron chi connectivity index (χ3n) is 2.53. The lowest BCUT2D eigenvalue weighted by molar-refractivity contribution is 0.602. The maximum Gasteiger partial charge on any atom is 0.175 e. The summed E-state index contributed by atoms with van der Waals surface area (Å²) in [6, 6.07) is 6.87. The summed E-state index contributed by atoms with van der Waals surface area (Å²) in [5.41, 5.74) is 0.872. The third kappa shape index (κ3) is 5.18. The normalized spacial score (nSPS) is 15.1. The second kappa shape index (κ2) is 6.33. The molecule has 0 aliphatic heterocycles. The molecule has 0 radical (unpaired) electrons. The Morgan fingerprint density at radius 2 is 1.83 bits per heavy atom. The van der Waals surface area contributed by atoms with E-state index in [1.807, 2.05) is 6.92 Å². The van der Waals surface area contributed by atoms with Crippen LogP contribution in [0.3, 0.4) is 0 Å². The summed E-state index contributed by atoms with van der Waals surface area (Å²) in [4.78, 5) is 0.315. The molecule has 0 aliphatic rings. The molecule has 1 N–H and O–H groups in total. The molecule has 2 atom stereocenters. The van der Waals surface area contributed by atoms with Gasteiger partial charge in [0.05, 0.1) is 4.90 Å². The second-order valence-corrected chi connectivity index (χ2v) is 7.98. The van der Waals surface area contributed by atoms with Crippen LogP contribution in [-0.4, -0.2) is 36.9 Å². The fourth-order valence-corrected chi connectivity index (χ4v) is 2.81. The van der Waals surface area contributed by atoms with Crippen LogP contribution in [0.15, 0.2) is 29.2 Å². The van der Waals surface area contributed by atoms with Crippen molar-refractivity contribution in [2.24, 2.45) is 0 Å². The van der Waals surface area contributed by atoms with Gasteiger partial charge in [-0.15, -0.1) is 0 Å². The van der Waals surface area contributed by atoms with Crippen LogP contribution in [0.5, 0.6) is 0 Å². The molecule has 0 aromatic heterocycles. The highest BCUT2D eigenvalue weighted by atomic mass is 32.2. The molecule has 0 amide bonds. The van der Waals surface area contributed by atoms with Gasteiger partial charge in [0.2, 0.25) is 0 Å². The van der Waals surface area contributed by atoms with E-state index < -0.39 is 20.6 Å². The average Bonchev–Trinajstić information content (AvgIpc) is 2.26. The van der Waals surface area contributed by atoms with Gasteiger partial charge in [-0.2, -0.15) is 0 Å². The number of hydrogen-bond acceptors (Lipinski definition) is 4. The number of sulfone groups is 1. The van der Waals surface area contributed by atoms with Gasteiger partial charge in [0.25, 0.3) is 0 Å². The van der Waals surface area contributed by atoms with E-state index in [9.17, 15) is 12.6 Å². The maximum absolute atomic E-state index is 11.3. The molecule has 0 fully saturated rings. The number of rotatable bonds is 6. The molecule has 1 rings (SSSR count). The Morgan fingerprint density at radius 1 is 1.28 bits per heavy atom. The van der Waals surface area contributed by atoms with E-state index in [4.69, 9.17) is 0 Å². The molecule has 1 aromatic carbocycles. The van der Waals surface area contributed by atoms with Crippen molar-refractivity contribution < 1.29 is 12.6 Å². The van der Waals surface area contributed by atoms with E-state index in [-0.39, 0.29) is 6.04 Å². The summed E-state index contributed by atoms with van der Waals surface area (Å²) >= 11 is 0. The fourth-order valence-electron chi connectivity index (χ4n) is 1.50. The van der Waals surface area contributed by atoms with E-state index in [2.05, 4.69) is 5.32 Å². The Bertz CT molecular complexity index is 509. The highest BCUT2D eigenvalue weighted by molar-refractivity contribution is 7.90. The van der Waals surface area contributed by atoms with Crippen LogP contribution in [-0.2, 0) is 20.6 Å². The molecule has 0 heterocycles. The minimum Gasteiger partial charge on any atom is -0.383 e. The zero-order valence-corrected chi connectivity index (χ0v) is 12.5. The molecule has 0 saturated carbocycles. The van der Waals surface area contributed by atoms with Gasteiger partial charge in [-0.3, -0.25) is 4.21 Å². The quantitative estimate of drug-likeness (QED) is 0.865. The van der Waals surface area contributed by atoms with Crippen molar-refractivity contribution in [1.82, 2.24) is 0 Å². The Labute approximate surface area is 111 Å². The number of anilines is 1. The van der Waals surface area contributed by atoms with Crippen LogP contribution in [0.25, 0.3) is 0 Å². The summed E-state index contributed by atoms with van der Waals surface area (Å²) < 4.78 is 33.6. The van der Waals surface area contributed by atoms with E-state index in [0.717, 1.165) is 12.1 Å². The maximum atomic E-state index is 11.3. The van der Waals surface area contributed by atoms with Gasteiger partial charge in [0.15, 0.2) is 9.84 Å². The minimum atomic E-state index is -3.14. The highest BCUT2D eigenvalue weighted by Gasteiger charge is 2.07. The van der Waals surface area contributed by atoms with Crippen molar-refractivity contribution in [2.75, 3.05) is 23.6 Å². The van der Waals surface area contributed by atoms with Gasteiger partial charge in [-0.25, -0.2) is 8.42 Å². The predicted molar refractivity (Wildman–Crippen MR) is 76.2 cm³/mol. The number of benzene rings is 1. The summed E-state index contributed by atoms with van der Waals surface area (Å²) in [6.07, 6.45) is 3.69. The van der Waals surface area contributed by atoms with Crippen molar-refractivity contribution in [3.63, 3.8) is 0 Å². The van der Waals surface area contributed by atoms with Crippen LogP contribution < -0.4 is 5.32 Å². The van der Waals surface area contributed by atoms with Crippen molar-refractivity contribution in [3.05, 3.63) is 24.3 Å². The smallest absolute Gasteiger partial charge is 0.175 e. The van der Waals surface area contributed by atoms with Gasteiger partial charge >= 0.3 is 0 Å². The van der Waals surface area contributed by atoms with Gasteiger partial charge in [0.1, 0.15) is 0 Å². The minimum absolute atomic E-state index is 0.206. The van der Waals surface area contributed by atoms with Crippen molar-refractivity contribution in [3.8, 4) is 0 Å². The summed E-state index contributed by atoms with van der Waals surface area (Å²) in [7, 11) is -3.92. The molecule has 0 bridgehead atoms. The monoisotopic (exact) mass is 289 g/mol. The Hall–Kier alpha value is -0.880. The topological polar surface area (TPSA) is 63.2 Å². The van der Waals surface area contributed by atoms with Crippen LogP contribution in [0.4, 0.5) is 5.69 Å². The molecule has 0 aliphatic carbocycles. The zero-order valence-electron chi connectivity index (χ0n) is 10.8. The van der Waals surface area contributed by atoms with Crippen LogP contribution >= 0.6 is 0 Å². The standard InChI is InChI=1S/C12H19NO3S2/c1-10(8-9-17(2)14)13-11-4-6-12(7-5-11)18(3,15)16/h4-7,10,13H,8-9H2,1-3H3. The number of hydrogen-bond donors (Lipinski definition) is 1. The Kier molecular flexibility index (Phi) is 5.34. The lowest BCUT2D eigenvalue weighted by Gasteiger charge is -2.14. The van der Waals surface area contributed by atoms with E-state index in [0.29, 0.717) is 10.6 Å².